The van der Waals surface area contributed by atoms with Gasteiger partial charge in [0, 0.05) is 4.75 Å². The molecule has 0 saturated heterocycles. The number of carbonyl (C=O) groups excluding carboxylic acids is 1. The number of carbonyl (C=O) groups is 1. The SMILES string of the molecule is CCOC(=O)C1(CCCN(C)C)SC(C)(C)c2ccccc21. The van der Waals surface area contributed by atoms with Crippen LogP contribution in [0.4, 0.5) is 0 Å². The topological polar surface area (TPSA) is 29.5 Å². The molecule has 2 rings (SSSR count). The van der Waals surface area contributed by atoms with E-state index >= 15 is 0 Å². The summed E-state index contributed by atoms with van der Waals surface area (Å²) in [5.74, 6) is -0.0863. The Balaban J connectivity index is 2.40. The third-order valence-corrected chi connectivity index (χ3v) is 5.85. The van der Waals surface area contributed by atoms with Crippen LogP contribution in [0.3, 0.4) is 0 Å². The van der Waals surface area contributed by atoms with E-state index in [-0.39, 0.29) is 10.7 Å². The summed E-state index contributed by atoms with van der Waals surface area (Å²) in [4.78, 5) is 15.0. The summed E-state index contributed by atoms with van der Waals surface area (Å²) >= 11 is 1.75. The summed E-state index contributed by atoms with van der Waals surface area (Å²) in [7, 11) is 4.13. The summed E-state index contributed by atoms with van der Waals surface area (Å²) in [5.41, 5.74) is 2.40. The summed E-state index contributed by atoms with van der Waals surface area (Å²) < 4.78 is 4.83. The van der Waals surface area contributed by atoms with E-state index in [9.17, 15) is 4.79 Å². The Morgan fingerprint density at radius 3 is 2.45 bits per heavy atom. The van der Waals surface area contributed by atoms with Gasteiger partial charge in [-0.1, -0.05) is 24.3 Å². The predicted molar refractivity (Wildman–Crippen MR) is 93.2 cm³/mol. The molecule has 1 unspecified atom stereocenters. The van der Waals surface area contributed by atoms with Gasteiger partial charge in [-0.15, -0.1) is 11.8 Å². The van der Waals surface area contributed by atoms with Crippen molar-refractivity contribution >= 4 is 17.7 Å². The molecule has 122 valence electrons. The number of rotatable bonds is 6. The lowest BCUT2D eigenvalue weighted by molar-refractivity contribution is -0.146. The van der Waals surface area contributed by atoms with Gasteiger partial charge in [-0.25, -0.2) is 0 Å². The maximum absolute atomic E-state index is 12.8. The van der Waals surface area contributed by atoms with Crippen molar-refractivity contribution in [2.45, 2.75) is 43.1 Å². The van der Waals surface area contributed by atoms with Gasteiger partial charge < -0.3 is 9.64 Å². The first kappa shape index (κ1) is 17.4. The minimum atomic E-state index is -0.563. The van der Waals surface area contributed by atoms with E-state index in [4.69, 9.17) is 4.74 Å². The fraction of sp³-hybridized carbons (Fsp3) is 0.611. The highest BCUT2D eigenvalue weighted by molar-refractivity contribution is 8.02. The van der Waals surface area contributed by atoms with Crippen LogP contribution in [0, 0.1) is 0 Å². The Morgan fingerprint density at radius 2 is 1.86 bits per heavy atom. The van der Waals surface area contributed by atoms with Crippen LogP contribution in [0.5, 0.6) is 0 Å². The molecule has 0 saturated carbocycles. The van der Waals surface area contributed by atoms with Crippen molar-refractivity contribution < 1.29 is 9.53 Å². The minimum Gasteiger partial charge on any atom is -0.465 e. The number of hydrogen-bond acceptors (Lipinski definition) is 4. The van der Waals surface area contributed by atoms with Crippen LogP contribution < -0.4 is 0 Å². The molecule has 0 N–H and O–H groups in total. The standard InChI is InChI=1S/C18H27NO2S/c1-6-21-16(20)18(12-9-13-19(4)5)15-11-8-7-10-14(15)17(2,3)22-18/h7-8,10-11H,6,9,12-13H2,1-5H3. The lowest BCUT2D eigenvalue weighted by Gasteiger charge is -2.29. The normalized spacial score (nSPS) is 22.6. The Labute approximate surface area is 138 Å². The highest BCUT2D eigenvalue weighted by Gasteiger charge is 2.53. The first-order valence-electron chi connectivity index (χ1n) is 7.95. The fourth-order valence-electron chi connectivity index (χ4n) is 3.24. The van der Waals surface area contributed by atoms with E-state index in [0.29, 0.717) is 6.61 Å². The van der Waals surface area contributed by atoms with E-state index in [2.05, 4.69) is 51.0 Å². The van der Waals surface area contributed by atoms with Gasteiger partial charge in [-0.3, -0.25) is 4.79 Å². The molecule has 0 aliphatic carbocycles. The first-order valence-corrected chi connectivity index (χ1v) is 8.77. The highest BCUT2D eigenvalue weighted by atomic mass is 32.2. The van der Waals surface area contributed by atoms with Crippen LogP contribution in [-0.4, -0.2) is 38.1 Å². The molecule has 1 aromatic rings. The molecule has 3 nitrogen and oxygen atoms in total. The Hall–Kier alpha value is -1.00. The minimum absolute atomic E-state index is 0.0680. The van der Waals surface area contributed by atoms with Crippen molar-refractivity contribution in [1.29, 1.82) is 0 Å². The molecular formula is C18H27NO2S. The van der Waals surface area contributed by atoms with Crippen molar-refractivity contribution in [3.05, 3.63) is 35.4 Å². The lowest BCUT2D eigenvalue weighted by atomic mass is 9.86. The molecule has 1 atom stereocenters. The van der Waals surface area contributed by atoms with E-state index in [1.165, 1.54) is 5.56 Å². The average Bonchev–Trinajstić information content (AvgIpc) is 2.68. The van der Waals surface area contributed by atoms with Crippen molar-refractivity contribution in [1.82, 2.24) is 4.90 Å². The molecule has 0 bridgehead atoms. The van der Waals surface area contributed by atoms with Crippen LogP contribution in [0.15, 0.2) is 24.3 Å². The summed E-state index contributed by atoms with van der Waals surface area (Å²) in [6.07, 6.45) is 1.79. The van der Waals surface area contributed by atoms with E-state index in [0.717, 1.165) is 24.9 Å². The fourth-order valence-corrected chi connectivity index (χ4v) is 5.07. The third-order valence-electron chi connectivity index (χ3n) is 4.18. The maximum Gasteiger partial charge on any atom is 0.326 e. The van der Waals surface area contributed by atoms with Gasteiger partial charge in [0.05, 0.1) is 6.61 Å². The number of fused-ring (bicyclic) bond motifs is 1. The monoisotopic (exact) mass is 321 g/mol. The zero-order chi connectivity index (χ0) is 16.4. The van der Waals surface area contributed by atoms with Gasteiger partial charge in [0.25, 0.3) is 0 Å². The second-order valence-electron chi connectivity index (χ2n) is 6.61. The zero-order valence-electron chi connectivity index (χ0n) is 14.3. The molecule has 1 aliphatic rings. The van der Waals surface area contributed by atoms with E-state index in [1.807, 2.05) is 13.0 Å². The predicted octanol–water partition coefficient (Wildman–Crippen LogP) is 3.77. The molecule has 22 heavy (non-hydrogen) atoms. The Kier molecular flexibility index (Phi) is 5.23. The molecule has 4 heteroatoms. The zero-order valence-corrected chi connectivity index (χ0v) is 15.1. The van der Waals surface area contributed by atoms with Crippen LogP contribution in [-0.2, 0) is 19.0 Å². The van der Waals surface area contributed by atoms with Crippen LogP contribution in [0.25, 0.3) is 0 Å². The van der Waals surface area contributed by atoms with Crippen molar-refractivity contribution in [3.63, 3.8) is 0 Å². The lowest BCUT2D eigenvalue weighted by Crippen LogP contribution is -2.34. The number of ether oxygens (including phenoxy) is 1. The number of benzene rings is 1. The summed E-state index contributed by atoms with van der Waals surface area (Å²) in [5, 5.41) is 0. The van der Waals surface area contributed by atoms with Gasteiger partial charge in [-0.2, -0.15) is 0 Å². The quantitative estimate of drug-likeness (QED) is 0.746. The second kappa shape index (κ2) is 6.63. The molecule has 1 aromatic carbocycles. The molecule has 1 heterocycles. The van der Waals surface area contributed by atoms with Gasteiger partial charge in [0.15, 0.2) is 0 Å². The van der Waals surface area contributed by atoms with Crippen molar-refractivity contribution in [2.24, 2.45) is 0 Å². The molecule has 0 fully saturated rings. The van der Waals surface area contributed by atoms with Crippen LogP contribution in [0.2, 0.25) is 0 Å². The molecular weight excluding hydrogens is 294 g/mol. The number of hydrogen-bond donors (Lipinski definition) is 0. The van der Waals surface area contributed by atoms with Gasteiger partial charge >= 0.3 is 5.97 Å². The highest BCUT2D eigenvalue weighted by Crippen LogP contribution is 2.60. The van der Waals surface area contributed by atoms with Gasteiger partial charge in [-0.05, 0) is 65.4 Å². The van der Waals surface area contributed by atoms with E-state index in [1.54, 1.807) is 11.8 Å². The third kappa shape index (κ3) is 3.18. The number of esters is 1. The summed E-state index contributed by atoms with van der Waals surface area (Å²) in [6, 6.07) is 8.34. The maximum atomic E-state index is 12.8. The van der Waals surface area contributed by atoms with Crippen LogP contribution in [0.1, 0.15) is 44.7 Å². The smallest absolute Gasteiger partial charge is 0.326 e. The number of nitrogens with zero attached hydrogens (tertiary/aromatic N) is 1. The Morgan fingerprint density at radius 1 is 1.23 bits per heavy atom. The average molecular weight is 321 g/mol. The Bertz CT molecular complexity index is 542. The molecule has 0 amide bonds. The number of thioether (sulfide) groups is 1. The second-order valence-corrected chi connectivity index (χ2v) is 8.53. The van der Waals surface area contributed by atoms with Gasteiger partial charge in [0.1, 0.15) is 4.75 Å². The van der Waals surface area contributed by atoms with Crippen LogP contribution >= 0.6 is 11.8 Å². The first-order chi connectivity index (χ1) is 10.3. The van der Waals surface area contributed by atoms with Crippen molar-refractivity contribution in [3.8, 4) is 0 Å². The molecule has 0 radical (unpaired) electrons. The molecule has 0 spiro atoms. The molecule has 0 aromatic heterocycles. The van der Waals surface area contributed by atoms with Crippen molar-refractivity contribution in [2.75, 3.05) is 27.2 Å². The largest absolute Gasteiger partial charge is 0.465 e. The van der Waals surface area contributed by atoms with Gasteiger partial charge in [0.2, 0.25) is 0 Å². The van der Waals surface area contributed by atoms with E-state index < -0.39 is 4.75 Å². The summed E-state index contributed by atoms with van der Waals surface area (Å²) in [6.45, 7) is 7.68. The molecule has 1 aliphatic heterocycles.